The first-order chi connectivity index (χ1) is 14.2. The maximum absolute atomic E-state index is 12.6. The van der Waals surface area contributed by atoms with Gasteiger partial charge in [0.1, 0.15) is 0 Å². The number of thiophene rings is 1. The number of aryl methyl sites for hydroxylation is 2. The van der Waals surface area contributed by atoms with E-state index in [-0.39, 0.29) is 5.91 Å². The van der Waals surface area contributed by atoms with Crippen molar-refractivity contribution >= 4 is 43.7 Å². The molecule has 2 N–H and O–H groups in total. The summed E-state index contributed by atoms with van der Waals surface area (Å²) in [5, 5.41) is 3.45. The van der Waals surface area contributed by atoms with Crippen molar-refractivity contribution < 1.29 is 13.2 Å². The molecule has 0 aliphatic carbocycles. The van der Waals surface area contributed by atoms with E-state index in [4.69, 9.17) is 0 Å². The first-order valence-corrected chi connectivity index (χ1v) is 13.2. The number of anilines is 1. The van der Waals surface area contributed by atoms with E-state index >= 15 is 0 Å². The monoisotopic (exact) mass is 463 g/mol. The molecule has 0 saturated carbocycles. The van der Waals surface area contributed by atoms with E-state index in [2.05, 4.69) is 46.2 Å². The predicted octanol–water partition coefficient (Wildman–Crippen LogP) is 4.48. The number of nitrogens with zero attached hydrogens (tertiary/aromatic N) is 1. The van der Waals surface area contributed by atoms with Gasteiger partial charge < -0.3 is 0 Å². The lowest BCUT2D eigenvalue weighted by molar-refractivity contribution is 0.103. The molecule has 0 radical (unpaired) electrons. The molecule has 0 bridgehead atoms. The Kier molecular flexibility index (Phi) is 7.41. The summed E-state index contributed by atoms with van der Waals surface area (Å²) in [4.78, 5) is 19.8. The minimum Gasteiger partial charge on any atom is -0.297 e. The van der Waals surface area contributed by atoms with E-state index in [1.165, 1.54) is 28.2 Å². The molecule has 3 aromatic rings. The molecule has 1 aromatic carbocycles. The fraction of sp³-hybridized carbons (Fsp3) is 0.333. The zero-order chi connectivity index (χ0) is 21.7. The summed E-state index contributed by atoms with van der Waals surface area (Å²) in [5.41, 5.74) is 3.24. The smallest absolute Gasteiger partial charge is 0.267 e. The number of hydrogen-bond donors (Lipinski definition) is 2. The van der Waals surface area contributed by atoms with Gasteiger partial charge in [-0.2, -0.15) is 0 Å². The van der Waals surface area contributed by atoms with Crippen LogP contribution < -0.4 is 10.0 Å². The van der Waals surface area contributed by atoms with Crippen molar-refractivity contribution in [2.24, 2.45) is 0 Å². The highest BCUT2D eigenvalue weighted by molar-refractivity contribution is 7.88. The van der Waals surface area contributed by atoms with Crippen LogP contribution in [0.1, 0.15) is 38.3 Å². The fourth-order valence-electron chi connectivity index (χ4n) is 2.99. The van der Waals surface area contributed by atoms with Crippen molar-refractivity contribution in [2.45, 2.75) is 33.1 Å². The zero-order valence-corrected chi connectivity index (χ0v) is 19.6. The van der Waals surface area contributed by atoms with Crippen LogP contribution in [0, 0.1) is 6.92 Å². The minimum atomic E-state index is -3.21. The normalized spacial score (nSPS) is 11.6. The van der Waals surface area contributed by atoms with Crippen LogP contribution >= 0.6 is 22.7 Å². The third-order valence-electron chi connectivity index (χ3n) is 4.40. The number of amides is 1. The summed E-state index contributed by atoms with van der Waals surface area (Å²) in [6, 6.07) is 12.0. The van der Waals surface area contributed by atoms with E-state index in [1.54, 1.807) is 6.07 Å². The quantitative estimate of drug-likeness (QED) is 0.490. The number of hydrogen-bond acceptors (Lipinski definition) is 6. The Labute approximate surface area is 185 Å². The van der Waals surface area contributed by atoms with Crippen LogP contribution in [0.15, 0.2) is 36.4 Å². The van der Waals surface area contributed by atoms with Crippen molar-refractivity contribution in [3.05, 3.63) is 56.6 Å². The van der Waals surface area contributed by atoms with Crippen molar-refractivity contribution in [1.29, 1.82) is 0 Å². The van der Waals surface area contributed by atoms with E-state index in [9.17, 15) is 13.2 Å². The Morgan fingerprint density at radius 1 is 1.07 bits per heavy atom. The van der Waals surface area contributed by atoms with Crippen LogP contribution in [-0.4, -0.2) is 32.1 Å². The van der Waals surface area contributed by atoms with Gasteiger partial charge in [-0.1, -0.05) is 37.6 Å². The summed E-state index contributed by atoms with van der Waals surface area (Å²) in [7, 11) is -3.21. The molecule has 0 fully saturated rings. The SMILES string of the molecule is CCCc1ccc(-c2nc(NC(=O)c3ccc(CCNS(C)(=O)=O)s3)sc2C)cc1. The molecular formula is C21H25N3O3S3. The minimum absolute atomic E-state index is 0.207. The van der Waals surface area contributed by atoms with E-state index in [0.717, 1.165) is 40.1 Å². The molecule has 0 saturated heterocycles. The van der Waals surface area contributed by atoms with Gasteiger partial charge in [0.05, 0.1) is 16.8 Å². The summed E-state index contributed by atoms with van der Waals surface area (Å²) >= 11 is 2.81. The van der Waals surface area contributed by atoms with Crippen LogP contribution in [-0.2, 0) is 22.9 Å². The number of benzene rings is 1. The highest BCUT2D eigenvalue weighted by Crippen LogP contribution is 2.31. The van der Waals surface area contributed by atoms with Crippen LogP contribution in [0.25, 0.3) is 11.3 Å². The van der Waals surface area contributed by atoms with Gasteiger partial charge in [-0.3, -0.25) is 10.1 Å². The molecule has 0 atom stereocenters. The summed E-state index contributed by atoms with van der Waals surface area (Å²) in [6.45, 7) is 4.48. The van der Waals surface area contributed by atoms with E-state index in [1.807, 2.05) is 13.0 Å². The van der Waals surface area contributed by atoms with Gasteiger partial charge in [-0.15, -0.1) is 22.7 Å². The Bertz CT molecular complexity index is 1120. The summed E-state index contributed by atoms with van der Waals surface area (Å²) in [5.74, 6) is -0.207. The lowest BCUT2D eigenvalue weighted by Gasteiger charge is -2.02. The van der Waals surface area contributed by atoms with Gasteiger partial charge in [-0.05, 0) is 37.5 Å². The van der Waals surface area contributed by atoms with Crippen LogP contribution in [0.2, 0.25) is 0 Å². The van der Waals surface area contributed by atoms with Crippen molar-refractivity contribution in [3.8, 4) is 11.3 Å². The first kappa shape index (κ1) is 22.6. The van der Waals surface area contributed by atoms with Gasteiger partial charge in [0.25, 0.3) is 5.91 Å². The zero-order valence-electron chi connectivity index (χ0n) is 17.2. The number of aromatic nitrogens is 1. The third kappa shape index (κ3) is 6.21. The number of rotatable bonds is 9. The molecule has 160 valence electrons. The molecule has 3 rings (SSSR count). The van der Waals surface area contributed by atoms with E-state index in [0.29, 0.717) is 23.0 Å². The largest absolute Gasteiger partial charge is 0.297 e. The number of thiazole rings is 1. The average Bonchev–Trinajstić information content (AvgIpc) is 3.28. The number of sulfonamides is 1. The summed E-state index contributed by atoms with van der Waals surface area (Å²) < 4.78 is 24.7. The molecule has 0 spiro atoms. The Morgan fingerprint density at radius 3 is 2.47 bits per heavy atom. The first-order valence-electron chi connectivity index (χ1n) is 9.66. The highest BCUT2D eigenvalue weighted by atomic mass is 32.2. The van der Waals surface area contributed by atoms with Gasteiger partial charge >= 0.3 is 0 Å². The number of nitrogens with one attached hydrogen (secondary N) is 2. The second-order valence-corrected chi connectivity index (χ2v) is 11.2. The van der Waals surface area contributed by atoms with Crippen LogP contribution in [0.5, 0.6) is 0 Å². The van der Waals surface area contributed by atoms with Crippen LogP contribution in [0.4, 0.5) is 5.13 Å². The highest BCUT2D eigenvalue weighted by Gasteiger charge is 2.15. The summed E-state index contributed by atoms with van der Waals surface area (Å²) in [6.07, 6.45) is 3.85. The third-order valence-corrected chi connectivity index (χ3v) is 7.16. The average molecular weight is 464 g/mol. The lowest BCUT2D eigenvalue weighted by Crippen LogP contribution is -2.24. The number of carbonyl (C=O) groups is 1. The molecule has 2 heterocycles. The molecule has 0 aliphatic rings. The van der Waals surface area contributed by atoms with E-state index < -0.39 is 10.0 Å². The predicted molar refractivity (Wildman–Crippen MR) is 125 cm³/mol. The Balaban J connectivity index is 1.64. The van der Waals surface area contributed by atoms with Gasteiger partial charge in [-0.25, -0.2) is 18.1 Å². The standard InChI is InChI=1S/C21H25N3O3S3/c1-4-5-15-6-8-16(9-7-15)19-14(2)28-21(23-19)24-20(25)18-11-10-17(29-18)12-13-22-30(3,26)27/h6-11,22H,4-5,12-13H2,1-3H3,(H,23,24,25). The molecule has 30 heavy (non-hydrogen) atoms. The molecule has 2 aromatic heterocycles. The molecule has 6 nitrogen and oxygen atoms in total. The van der Waals surface area contributed by atoms with Gasteiger partial charge in [0, 0.05) is 21.9 Å². The van der Waals surface area contributed by atoms with Crippen molar-refractivity contribution in [2.75, 3.05) is 18.1 Å². The fourth-order valence-corrected chi connectivity index (χ4v) is 5.19. The maximum atomic E-state index is 12.6. The second kappa shape index (κ2) is 9.82. The lowest BCUT2D eigenvalue weighted by atomic mass is 10.1. The topological polar surface area (TPSA) is 88.2 Å². The van der Waals surface area contributed by atoms with Gasteiger partial charge in [0.2, 0.25) is 10.0 Å². The van der Waals surface area contributed by atoms with Crippen LogP contribution in [0.3, 0.4) is 0 Å². The molecular weight excluding hydrogens is 438 g/mol. The Hall–Kier alpha value is -2.07. The molecule has 0 aliphatic heterocycles. The molecule has 0 unspecified atom stereocenters. The Morgan fingerprint density at radius 2 is 1.80 bits per heavy atom. The number of carbonyl (C=O) groups excluding carboxylic acids is 1. The maximum Gasteiger partial charge on any atom is 0.267 e. The second-order valence-electron chi connectivity index (χ2n) is 7.01. The van der Waals surface area contributed by atoms with Crippen molar-refractivity contribution in [1.82, 2.24) is 9.71 Å². The van der Waals surface area contributed by atoms with Crippen molar-refractivity contribution in [3.63, 3.8) is 0 Å². The molecule has 9 heteroatoms. The molecule has 1 amide bonds. The van der Waals surface area contributed by atoms with Gasteiger partial charge in [0.15, 0.2) is 5.13 Å².